The van der Waals surface area contributed by atoms with Crippen molar-refractivity contribution in [2.45, 2.75) is 9.79 Å². The topological polar surface area (TPSA) is 37.3 Å². The third-order valence-corrected chi connectivity index (χ3v) is 6.52. The first-order valence-corrected chi connectivity index (χ1v) is 10.9. The van der Waals surface area contributed by atoms with Crippen LogP contribution >= 0.6 is 34.7 Å². The Labute approximate surface area is 180 Å². The molecule has 0 bridgehead atoms. The maximum Gasteiger partial charge on any atom is 0.211 e. The van der Waals surface area contributed by atoms with Crippen LogP contribution in [0.2, 0.25) is 5.02 Å². The van der Waals surface area contributed by atoms with Gasteiger partial charge in [0, 0.05) is 31.3 Å². The molecule has 7 heteroatoms. The highest BCUT2D eigenvalue weighted by molar-refractivity contribution is 7.99. The van der Waals surface area contributed by atoms with Crippen molar-refractivity contribution in [3.8, 4) is 11.3 Å². The molecule has 1 aliphatic heterocycles. The zero-order valence-corrected chi connectivity index (χ0v) is 17.3. The SMILES string of the molecule is Fc1ccc(-c2csc(/N=C3\Nc4cc(Cl)ccc4Sc4ccccc43)n2)cc1. The van der Waals surface area contributed by atoms with E-state index in [4.69, 9.17) is 16.6 Å². The summed E-state index contributed by atoms with van der Waals surface area (Å²) in [5.74, 6) is 0.452. The highest BCUT2D eigenvalue weighted by Crippen LogP contribution is 2.40. The number of halogens is 2. The molecule has 0 atom stereocenters. The van der Waals surface area contributed by atoms with E-state index in [1.54, 1.807) is 23.9 Å². The summed E-state index contributed by atoms with van der Waals surface area (Å²) in [5, 5.41) is 6.63. The number of rotatable bonds is 2. The molecule has 0 saturated heterocycles. The van der Waals surface area contributed by atoms with Crippen LogP contribution in [0.5, 0.6) is 0 Å². The van der Waals surface area contributed by atoms with Gasteiger partial charge in [-0.25, -0.2) is 14.4 Å². The second-order valence-corrected chi connectivity index (χ2v) is 8.70. The number of aromatic nitrogens is 1. The van der Waals surface area contributed by atoms with E-state index in [-0.39, 0.29) is 5.82 Å². The van der Waals surface area contributed by atoms with Crippen LogP contribution in [0.3, 0.4) is 0 Å². The molecule has 0 radical (unpaired) electrons. The summed E-state index contributed by atoms with van der Waals surface area (Å²) in [6.45, 7) is 0. The fourth-order valence-corrected chi connectivity index (χ4v) is 4.89. The molecular weight excluding hydrogens is 425 g/mol. The molecule has 0 unspecified atom stereocenters. The highest BCUT2D eigenvalue weighted by Gasteiger charge is 2.19. The predicted molar refractivity (Wildman–Crippen MR) is 119 cm³/mol. The molecule has 0 fully saturated rings. The van der Waals surface area contributed by atoms with Crippen molar-refractivity contribution in [1.29, 1.82) is 0 Å². The van der Waals surface area contributed by atoms with Gasteiger partial charge in [0.15, 0.2) is 0 Å². The fraction of sp³-hybridized carbons (Fsp3) is 0. The first-order valence-electron chi connectivity index (χ1n) is 8.80. The van der Waals surface area contributed by atoms with E-state index >= 15 is 0 Å². The summed E-state index contributed by atoms with van der Waals surface area (Å²) >= 11 is 9.32. The maximum atomic E-state index is 13.2. The van der Waals surface area contributed by atoms with Crippen LogP contribution in [-0.4, -0.2) is 10.8 Å². The Morgan fingerprint density at radius 1 is 0.966 bits per heavy atom. The minimum Gasteiger partial charge on any atom is -0.339 e. The number of aliphatic imine (C=N–C) groups is 1. The zero-order valence-electron chi connectivity index (χ0n) is 14.9. The Balaban J connectivity index is 1.57. The highest BCUT2D eigenvalue weighted by atomic mass is 35.5. The largest absolute Gasteiger partial charge is 0.339 e. The number of thiazole rings is 1. The van der Waals surface area contributed by atoms with Crippen LogP contribution in [0.15, 0.2) is 86.9 Å². The van der Waals surface area contributed by atoms with Crippen molar-refractivity contribution < 1.29 is 4.39 Å². The van der Waals surface area contributed by atoms with Gasteiger partial charge in [-0.3, -0.25) is 0 Å². The van der Waals surface area contributed by atoms with E-state index in [1.807, 2.05) is 41.8 Å². The average Bonchev–Trinajstić information content (AvgIpc) is 3.13. The van der Waals surface area contributed by atoms with Gasteiger partial charge >= 0.3 is 0 Å². The van der Waals surface area contributed by atoms with Crippen molar-refractivity contribution in [2.24, 2.45) is 4.99 Å². The lowest BCUT2D eigenvalue weighted by Crippen LogP contribution is -2.13. The quantitative estimate of drug-likeness (QED) is 0.358. The van der Waals surface area contributed by atoms with E-state index in [2.05, 4.69) is 16.4 Å². The lowest BCUT2D eigenvalue weighted by atomic mass is 10.2. The van der Waals surface area contributed by atoms with Crippen LogP contribution in [0.1, 0.15) is 5.56 Å². The lowest BCUT2D eigenvalue weighted by Gasteiger charge is -2.09. The second kappa shape index (κ2) is 7.63. The minimum absolute atomic E-state index is 0.265. The molecule has 3 nitrogen and oxygen atoms in total. The summed E-state index contributed by atoms with van der Waals surface area (Å²) < 4.78 is 13.2. The second-order valence-electron chi connectivity index (χ2n) is 6.35. The number of fused-ring (bicyclic) bond motifs is 2. The van der Waals surface area contributed by atoms with Gasteiger partial charge < -0.3 is 5.32 Å². The van der Waals surface area contributed by atoms with Gasteiger partial charge in [0.2, 0.25) is 5.13 Å². The molecule has 3 aromatic carbocycles. The first-order chi connectivity index (χ1) is 14.2. The van der Waals surface area contributed by atoms with Gasteiger partial charge in [0.05, 0.1) is 11.4 Å². The Bertz CT molecular complexity index is 1240. The summed E-state index contributed by atoms with van der Waals surface area (Å²) in [4.78, 5) is 11.6. The monoisotopic (exact) mass is 437 g/mol. The molecule has 5 rings (SSSR count). The van der Waals surface area contributed by atoms with Crippen LogP contribution in [0.4, 0.5) is 15.2 Å². The van der Waals surface area contributed by atoms with Gasteiger partial charge in [-0.1, -0.05) is 41.6 Å². The lowest BCUT2D eigenvalue weighted by molar-refractivity contribution is 0.628. The van der Waals surface area contributed by atoms with E-state index < -0.39 is 0 Å². The summed E-state index contributed by atoms with van der Waals surface area (Å²) in [6, 6.07) is 20.2. The summed E-state index contributed by atoms with van der Waals surface area (Å²) in [5.41, 5.74) is 3.54. The third-order valence-electron chi connectivity index (χ3n) is 4.40. The van der Waals surface area contributed by atoms with E-state index in [0.717, 1.165) is 32.3 Å². The Morgan fingerprint density at radius 3 is 2.66 bits per heavy atom. The summed E-state index contributed by atoms with van der Waals surface area (Å²) in [6.07, 6.45) is 0. The minimum atomic E-state index is -0.265. The van der Waals surface area contributed by atoms with Crippen LogP contribution in [0.25, 0.3) is 11.3 Å². The van der Waals surface area contributed by atoms with Crippen molar-refractivity contribution in [2.75, 3.05) is 5.32 Å². The predicted octanol–water partition coefficient (Wildman–Crippen LogP) is 7.26. The first kappa shape index (κ1) is 18.4. The van der Waals surface area contributed by atoms with Crippen molar-refractivity contribution >= 4 is 51.4 Å². The van der Waals surface area contributed by atoms with Gasteiger partial charge in [-0.15, -0.1) is 11.3 Å². The number of anilines is 1. The number of hydrogen-bond acceptors (Lipinski definition) is 4. The fourth-order valence-electron chi connectivity index (χ4n) is 3.01. The molecule has 0 amide bonds. The van der Waals surface area contributed by atoms with Crippen molar-refractivity contribution in [3.05, 3.63) is 88.5 Å². The molecule has 1 aliphatic rings. The Kier molecular flexibility index (Phi) is 4.83. The molecule has 0 aliphatic carbocycles. The van der Waals surface area contributed by atoms with Gasteiger partial charge in [-0.05, 0) is 48.5 Å². The normalized spacial score (nSPS) is 14.1. The van der Waals surface area contributed by atoms with Crippen molar-refractivity contribution in [1.82, 2.24) is 4.98 Å². The van der Waals surface area contributed by atoms with Crippen LogP contribution in [0, 0.1) is 5.82 Å². The third kappa shape index (κ3) is 3.79. The van der Waals surface area contributed by atoms with Crippen LogP contribution < -0.4 is 5.32 Å². The molecule has 29 heavy (non-hydrogen) atoms. The van der Waals surface area contributed by atoms with Gasteiger partial charge in [-0.2, -0.15) is 0 Å². The smallest absolute Gasteiger partial charge is 0.211 e. The molecule has 142 valence electrons. The standard InChI is InChI=1S/C22H13ClFN3S2/c23-14-7-10-20-17(11-14)25-21(16-3-1-2-4-19(16)29-20)27-22-26-18(12-28-22)13-5-8-15(24)9-6-13/h1-12H,(H,25,26,27). The van der Waals surface area contributed by atoms with Gasteiger partial charge in [0.1, 0.15) is 11.7 Å². The number of hydrogen-bond donors (Lipinski definition) is 1. The Morgan fingerprint density at radius 2 is 1.79 bits per heavy atom. The Hall–Kier alpha value is -2.67. The molecule has 1 N–H and O–H groups in total. The van der Waals surface area contributed by atoms with E-state index in [0.29, 0.717) is 16.0 Å². The molecular formula is C22H13ClFN3S2. The zero-order chi connectivity index (χ0) is 19.8. The van der Waals surface area contributed by atoms with Gasteiger partial charge in [0.25, 0.3) is 0 Å². The molecule has 0 saturated carbocycles. The van der Waals surface area contributed by atoms with Crippen LogP contribution in [-0.2, 0) is 0 Å². The summed E-state index contributed by atoms with van der Waals surface area (Å²) in [7, 11) is 0. The van der Waals surface area contributed by atoms with Crippen molar-refractivity contribution in [3.63, 3.8) is 0 Å². The van der Waals surface area contributed by atoms with E-state index in [1.165, 1.54) is 23.5 Å². The maximum absolute atomic E-state index is 13.2. The number of nitrogens with zero attached hydrogens (tertiary/aromatic N) is 2. The van der Waals surface area contributed by atoms with E-state index in [9.17, 15) is 4.39 Å². The molecule has 4 aromatic rings. The number of amidine groups is 1. The molecule has 1 aromatic heterocycles. The molecule has 2 heterocycles. The average molecular weight is 438 g/mol. The number of nitrogens with one attached hydrogen (secondary N) is 1. The molecule has 0 spiro atoms. The number of benzene rings is 3.